The van der Waals surface area contributed by atoms with E-state index in [1.54, 1.807) is 20.8 Å². The lowest BCUT2D eigenvalue weighted by Gasteiger charge is -2.42. The zero-order chi connectivity index (χ0) is 22.5. The molecule has 0 aliphatic carbocycles. The van der Waals surface area contributed by atoms with Crippen molar-refractivity contribution in [3.8, 4) is 0 Å². The summed E-state index contributed by atoms with van der Waals surface area (Å²) in [5.74, 6) is 0. The summed E-state index contributed by atoms with van der Waals surface area (Å²) >= 11 is 0. The maximum absolute atomic E-state index is 12.1. The Morgan fingerprint density at radius 2 is 1.62 bits per heavy atom. The second-order valence-corrected chi connectivity index (χ2v) is 11.6. The summed E-state index contributed by atoms with van der Waals surface area (Å²) in [6.45, 7) is 10.4. The van der Waals surface area contributed by atoms with E-state index in [4.69, 9.17) is 29.2 Å². The predicted octanol–water partition coefficient (Wildman–Crippen LogP) is 0.609. The van der Waals surface area contributed by atoms with Gasteiger partial charge in [0.15, 0.2) is 6.29 Å². The van der Waals surface area contributed by atoms with Crippen molar-refractivity contribution in [3.05, 3.63) is 0 Å². The van der Waals surface area contributed by atoms with E-state index in [1.807, 2.05) is 20.8 Å². The van der Waals surface area contributed by atoms with E-state index in [0.29, 0.717) is 6.61 Å². The minimum atomic E-state index is -3.82. The van der Waals surface area contributed by atoms with Crippen molar-refractivity contribution in [1.82, 2.24) is 0 Å². The van der Waals surface area contributed by atoms with Gasteiger partial charge in [0, 0.05) is 0 Å². The molecular weight excluding hydrogens is 405 g/mol. The van der Waals surface area contributed by atoms with Crippen molar-refractivity contribution < 1.29 is 43.1 Å². The molecule has 0 aromatic carbocycles. The van der Waals surface area contributed by atoms with Crippen LogP contribution in [0.4, 0.5) is 0 Å². The summed E-state index contributed by atoms with van der Waals surface area (Å²) < 4.78 is 39.5. The van der Waals surface area contributed by atoms with Gasteiger partial charge in [0.25, 0.3) is 0 Å². The lowest BCUT2D eigenvalue weighted by atomic mass is 9.97. The first-order valence-electron chi connectivity index (χ1n) is 9.74. The number of aliphatic hydroxyl groups excluding tert-OH is 2. The second-order valence-electron chi connectivity index (χ2n) is 8.98. The van der Waals surface area contributed by atoms with Crippen LogP contribution in [0.2, 0.25) is 0 Å². The fourth-order valence-electron chi connectivity index (χ4n) is 2.50. The van der Waals surface area contributed by atoms with Crippen molar-refractivity contribution in [2.24, 2.45) is 5.73 Å². The van der Waals surface area contributed by atoms with Crippen LogP contribution in [0.5, 0.6) is 0 Å². The Bertz CT molecular complexity index is 534. The Hall–Kier alpha value is -0.130. The van der Waals surface area contributed by atoms with Gasteiger partial charge < -0.3 is 44.3 Å². The number of hydrogen-bond acceptors (Lipinski definition) is 9. The van der Waals surface area contributed by atoms with E-state index in [0.717, 1.165) is 0 Å². The van der Waals surface area contributed by atoms with Crippen LogP contribution in [-0.4, -0.2) is 89.5 Å². The normalized spacial score (nSPS) is 30.9. The van der Waals surface area contributed by atoms with Crippen LogP contribution in [0, 0.1) is 0 Å². The SMILES string of the molecule is CC(C)(C)OCCOC1OC(CO)C(O)C(OCCOP(=O)(O)C(C)(C)C)C1N. The van der Waals surface area contributed by atoms with Gasteiger partial charge in [-0.15, -0.1) is 0 Å². The molecule has 0 radical (unpaired) electrons. The van der Waals surface area contributed by atoms with E-state index in [-0.39, 0.29) is 25.4 Å². The maximum Gasteiger partial charge on any atom is 0.333 e. The lowest BCUT2D eigenvalue weighted by molar-refractivity contribution is -0.275. The second kappa shape index (κ2) is 10.9. The van der Waals surface area contributed by atoms with Crippen LogP contribution < -0.4 is 5.73 Å². The van der Waals surface area contributed by atoms with Gasteiger partial charge in [-0.1, -0.05) is 0 Å². The first kappa shape index (κ1) is 26.9. The molecule has 0 aromatic rings. The number of aliphatic hydroxyl groups is 2. The molecule has 1 fully saturated rings. The molecule has 1 rings (SSSR count). The first-order chi connectivity index (χ1) is 13.2. The predicted molar refractivity (Wildman–Crippen MR) is 107 cm³/mol. The molecule has 0 amide bonds. The molecule has 11 heteroatoms. The smallest absolute Gasteiger partial charge is 0.333 e. The van der Waals surface area contributed by atoms with Crippen molar-refractivity contribution in [1.29, 1.82) is 0 Å². The van der Waals surface area contributed by atoms with Gasteiger partial charge in [0.1, 0.15) is 18.3 Å². The first-order valence-corrected chi connectivity index (χ1v) is 11.3. The third-order valence-corrected chi connectivity index (χ3v) is 6.54. The zero-order valence-electron chi connectivity index (χ0n) is 18.2. The summed E-state index contributed by atoms with van der Waals surface area (Å²) in [6, 6.07) is -0.842. The average molecular weight is 443 g/mol. The molecule has 10 nitrogen and oxygen atoms in total. The van der Waals surface area contributed by atoms with E-state index in [1.165, 1.54) is 0 Å². The van der Waals surface area contributed by atoms with Crippen LogP contribution >= 0.6 is 7.60 Å². The van der Waals surface area contributed by atoms with Crippen LogP contribution in [0.15, 0.2) is 0 Å². The Kier molecular flexibility index (Phi) is 10.2. The van der Waals surface area contributed by atoms with Crippen molar-refractivity contribution in [2.75, 3.05) is 33.0 Å². The van der Waals surface area contributed by atoms with Crippen LogP contribution in [0.25, 0.3) is 0 Å². The number of ether oxygens (including phenoxy) is 4. The van der Waals surface area contributed by atoms with Crippen LogP contribution in [-0.2, 0) is 28.0 Å². The Balaban J connectivity index is 2.59. The average Bonchev–Trinajstić information content (AvgIpc) is 2.57. The van der Waals surface area contributed by atoms with Crippen molar-refractivity contribution in [2.45, 2.75) is 82.9 Å². The minimum Gasteiger partial charge on any atom is -0.394 e. The maximum atomic E-state index is 12.1. The molecule has 0 bridgehead atoms. The monoisotopic (exact) mass is 443 g/mol. The Morgan fingerprint density at radius 1 is 1.03 bits per heavy atom. The van der Waals surface area contributed by atoms with Gasteiger partial charge >= 0.3 is 7.60 Å². The number of rotatable bonds is 10. The van der Waals surface area contributed by atoms with E-state index >= 15 is 0 Å². The molecule has 0 spiro atoms. The van der Waals surface area contributed by atoms with E-state index in [2.05, 4.69) is 0 Å². The largest absolute Gasteiger partial charge is 0.394 e. The molecular formula is C18H38NO9P. The zero-order valence-corrected chi connectivity index (χ0v) is 19.1. The summed E-state index contributed by atoms with van der Waals surface area (Å²) in [5.41, 5.74) is 5.82. The van der Waals surface area contributed by atoms with E-state index in [9.17, 15) is 19.7 Å². The fourth-order valence-corrected chi connectivity index (χ4v) is 3.21. The summed E-state index contributed by atoms with van der Waals surface area (Å²) in [4.78, 5) is 9.91. The molecule has 1 heterocycles. The van der Waals surface area contributed by atoms with E-state index < -0.39 is 50.0 Å². The fraction of sp³-hybridized carbons (Fsp3) is 1.00. The molecule has 0 aromatic heterocycles. The van der Waals surface area contributed by atoms with Gasteiger partial charge in [-0.3, -0.25) is 4.57 Å². The Morgan fingerprint density at radius 3 is 2.14 bits per heavy atom. The van der Waals surface area contributed by atoms with Gasteiger partial charge in [0.2, 0.25) is 0 Å². The van der Waals surface area contributed by atoms with Gasteiger partial charge in [-0.25, -0.2) is 0 Å². The number of nitrogens with two attached hydrogens (primary N) is 1. The topological polar surface area (TPSA) is 150 Å². The highest BCUT2D eigenvalue weighted by Gasteiger charge is 2.45. The highest BCUT2D eigenvalue weighted by atomic mass is 31.2. The molecule has 6 unspecified atom stereocenters. The van der Waals surface area contributed by atoms with Gasteiger partial charge in [0.05, 0.1) is 49.8 Å². The lowest BCUT2D eigenvalue weighted by Crippen LogP contribution is -2.63. The quantitative estimate of drug-likeness (QED) is 0.279. The highest BCUT2D eigenvalue weighted by Crippen LogP contribution is 2.54. The molecule has 0 saturated carbocycles. The Labute approximate surface area is 173 Å². The summed E-state index contributed by atoms with van der Waals surface area (Å²) in [7, 11) is -3.82. The third kappa shape index (κ3) is 8.49. The van der Waals surface area contributed by atoms with Crippen molar-refractivity contribution in [3.63, 3.8) is 0 Å². The molecule has 6 atom stereocenters. The van der Waals surface area contributed by atoms with Crippen LogP contribution in [0.3, 0.4) is 0 Å². The highest BCUT2D eigenvalue weighted by molar-refractivity contribution is 7.54. The van der Waals surface area contributed by atoms with Crippen molar-refractivity contribution >= 4 is 7.60 Å². The molecule has 1 aliphatic rings. The molecule has 174 valence electrons. The standard InChI is InChI=1S/C18H38NO9P/c1-17(2,3)26-9-7-25-16-13(19)15(14(21)12(11-20)28-16)24-8-10-27-29(22,23)18(4,5)6/h12-16,20-21H,7-11,19H2,1-6H3,(H,22,23). The molecule has 1 saturated heterocycles. The molecule has 5 N–H and O–H groups in total. The van der Waals surface area contributed by atoms with Gasteiger partial charge in [-0.2, -0.15) is 0 Å². The number of hydrogen-bond donors (Lipinski definition) is 4. The molecule has 29 heavy (non-hydrogen) atoms. The summed E-state index contributed by atoms with van der Waals surface area (Å²) in [6.07, 6.45) is -3.95. The van der Waals surface area contributed by atoms with Crippen LogP contribution in [0.1, 0.15) is 41.5 Å². The minimum absolute atomic E-state index is 0.0753. The third-order valence-electron chi connectivity index (χ3n) is 4.31. The molecule has 1 aliphatic heterocycles. The summed E-state index contributed by atoms with van der Waals surface area (Å²) in [5, 5.41) is 18.9. The van der Waals surface area contributed by atoms with Gasteiger partial charge in [-0.05, 0) is 41.5 Å².